The molecule has 7 nitrogen and oxygen atoms in total. The van der Waals surface area contributed by atoms with E-state index in [1.807, 2.05) is 0 Å². The predicted molar refractivity (Wildman–Crippen MR) is 92.3 cm³/mol. The van der Waals surface area contributed by atoms with Crippen LogP contribution in [0.4, 0.5) is 20.2 Å². The minimum Gasteiger partial charge on any atom is -0.325 e. The molecule has 3 rings (SSSR count). The zero-order valence-electron chi connectivity index (χ0n) is 14.3. The molecule has 2 aromatic rings. The van der Waals surface area contributed by atoms with Crippen molar-refractivity contribution in [2.75, 3.05) is 18.0 Å². The summed E-state index contributed by atoms with van der Waals surface area (Å²) in [5.41, 5.74) is 0.0182. The molecule has 0 aromatic heterocycles. The second kappa shape index (κ2) is 7.10. The van der Waals surface area contributed by atoms with E-state index in [2.05, 4.69) is 0 Å². The molecule has 0 spiro atoms. The molecule has 9 heteroatoms. The second-order valence-corrected chi connectivity index (χ2v) is 6.06. The number of non-ortho nitro benzene ring substituents is 1. The first-order chi connectivity index (χ1) is 12.8. The Kier molecular flexibility index (Phi) is 4.85. The lowest BCUT2D eigenvalue weighted by atomic mass is 10.1. The summed E-state index contributed by atoms with van der Waals surface area (Å²) in [6.45, 7) is 1.70. The normalized spacial score (nSPS) is 17.1. The third-order valence-corrected chi connectivity index (χ3v) is 4.44. The van der Waals surface area contributed by atoms with Crippen LogP contribution in [-0.2, 0) is 4.79 Å². The fraction of sp³-hybridized carbons (Fsp3) is 0.222. The van der Waals surface area contributed by atoms with Crippen molar-refractivity contribution in [2.45, 2.75) is 13.0 Å². The lowest BCUT2D eigenvalue weighted by Gasteiger charge is -2.39. The molecule has 1 unspecified atom stereocenters. The van der Waals surface area contributed by atoms with Gasteiger partial charge in [-0.1, -0.05) is 0 Å². The molecule has 1 aliphatic rings. The highest BCUT2D eigenvalue weighted by atomic mass is 19.1. The number of hydrogen-bond acceptors (Lipinski definition) is 4. The van der Waals surface area contributed by atoms with E-state index < -0.39 is 34.4 Å². The number of benzene rings is 2. The maximum atomic E-state index is 14.0. The number of nitro benzene ring substituents is 1. The summed E-state index contributed by atoms with van der Waals surface area (Å²) >= 11 is 0. The Morgan fingerprint density at radius 3 is 2.41 bits per heavy atom. The zero-order chi connectivity index (χ0) is 19.7. The van der Waals surface area contributed by atoms with E-state index in [9.17, 15) is 28.5 Å². The summed E-state index contributed by atoms with van der Waals surface area (Å²) in [5, 5.41) is 10.7. The van der Waals surface area contributed by atoms with Gasteiger partial charge in [0.15, 0.2) is 0 Å². The van der Waals surface area contributed by atoms with E-state index in [0.29, 0.717) is 6.07 Å². The molecule has 1 saturated heterocycles. The van der Waals surface area contributed by atoms with Gasteiger partial charge >= 0.3 is 0 Å². The van der Waals surface area contributed by atoms with Crippen LogP contribution < -0.4 is 4.90 Å². The highest BCUT2D eigenvalue weighted by Gasteiger charge is 2.36. The van der Waals surface area contributed by atoms with Crippen LogP contribution in [-0.4, -0.2) is 40.8 Å². The molecular formula is C18H15F2N3O4. The van der Waals surface area contributed by atoms with Gasteiger partial charge in [0, 0.05) is 36.9 Å². The Labute approximate surface area is 152 Å². The molecule has 1 heterocycles. The third-order valence-electron chi connectivity index (χ3n) is 4.44. The largest absolute Gasteiger partial charge is 0.325 e. The van der Waals surface area contributed by atoms with Crippen molar-refractivity contribution in [1.82, 2.24) is 4.90 Å². The highest BCUT2D eigenvalue weighted by molar-refractivity contribution is 6.03. The topological polar surface area (TPSA) is 83.8 Å². The lowest BCUT2D eigenvalue weighted by molar-refractivity contribution is -0.384. The first-order valence-corrected chi connectivity index (χ1v) is 8.11. The highest BCUT2D eigenvalue weighted by Crippen LogP contribution is 2.25. The SMILES string of the molecule is CC1C(=O)N(c2ccc(F)cc2F)CCN1C(=O)c1ccc([N+](=O)[O-])cc1. The van der Waals surface area contributed by atoms with Gasteiger partial charge in [-0.15, -0.1) is 0 Å². The second-order valence-electron chi connectivity index (χ2n) is 6.06. The van der Waals surface area contributed by atoms with Crippen LogP contribution in [0.3, 0.4) is 0 Å². The van der Waals surface area contributed by atoms with E-state index in [1.165, 1.54) is 47.1 Å². The van der Waals surface area contributed by atoms with Gasteiger partial charge in [-0.05, 0) is 31.2 Å². The van der Waals surface area contributed by atoms with Gasteiger partial charge in [-0.3, -0.25) is 19.7 Å². The summed E-state index contributed by atoms with van der Waals surface area (Å²) in [4.78, 5) is 37.9. The molecule has 27 heavy (non-hydrogen) atoms. The van der Waals surface area contributed by atoms with Crippen LogP contribution in [0.5, 0.6) is 0 Å². The molecule has 2 amide bonds. The number of carbonyl (C=O) groups is 2. The maximum Gasteiger partial charge on any atom is 0.269 e. The number of anilines is 1. The fourth-order valence-corrected chi connectivity index (χ4v) is 2.98. The Balaban J connectivity index is 1.79. The van der Waals surface area contributed by atoms with Crippen molar-refractivity contribution in [3.8, 4) is 0 Å². The standard InChI is InChI=1S/C18H15F2N3O4/c1-11-17(24)22(16-7-4-13(19)10-15(16)20)9-8-21(11)18(25)12-2-5-14(6-3-12)23(26)27/h2-7,10-11H,8-9H2,1H3. The molecule has 1 aliphatic heterocycles. The van der Waals surface area contributed by atoms with Crippen LogP contribution in [0.2, 0.25) is 0 Å². The first kappa shape index (κ1) is 18.4. The Bertz CT molecular complexity index is 917. The zero-order valence-corrected chi connectivity index (χ0v) is 14.3. The van der Waals surface area contributed by atoms with E-state index in [0.717, 1.165) is 6.07 Å². The van der Waals surface area contributed by atoms with Crippen LogP contribution in [0, 0.1) is 21.7 Å². The van der Waals surface area contributed by atoms with Crippen LogP contribution in [0.25, 0.3) is 0 Å². The number of halogens is 2. The van der Waals surface area contributed by atoms with Crippen molar-refractivity contribution in [2.24, 2.45) is 0 Å². The number of amides is 2. The number of rotatable bonds is 3. The average Bonchev–Trinajstić information content (AvgIpc) is 2.64. The molecule has 0 N–H and O–H groups in total. The van der Waals surface area contributed by atoms with Crippen molar-refractivity contribution >= 4 is 23.2 Å². The molecule has 2 aromatic carbocycles. The van der Waals surface area contributed by atoms with Gasteiger partial charge < -0.3 is 9.80 Å². The van der Waals surface area contributed by atoms with Crippen molar-refractivity contribution in [1.29, 1.82) is 0 Å². The van der Waals surface area contributed by atoms with Crippen molar-refractivity contribution < 1.29 is 23.3 Å². The van der Waals surface area contributed by atoms with Crippen molar-refractivity contribution in [3.05, 3.63) is 69.8 Å². The lowest BCUT2D eigenvalue weighted by Crippen LogP contribution is -2.58. The molecule has 140 valence electrons. The van der Waals surface area contributed by atoms with E-state index >= 15 is 0 Å². The fourth-order valence-electron chi connectivity index (χ4n) is 2.98. The first-order valence-electron chi connectivity index (χ1n) is 8.11. The summed E-state index contributed by atoms with van der Waals surface area (Å²) in [5.74, 6) is -2.55. The smallest absolute Gasteiger partial charge is 0.269 e. The summed E-state index contributed by atoms with van der Waals surface area (Å²) in [7, 11) is 0. The molecule has 1 fully saturated rings. The van der Waals surface area contributed by atoms with Gasteiger partial charge in [0.25, 0.3) is 11.6 Å². The van der Waals surface area contributed by atoms with E-state index in [4.69, 9.17) is 0 Å². The Hall–Kier alpha value is -3.36. The minimum atomic E-state index is -0.870. The summed E-state index contributed by atoms with van der Waals surface area (Å²) in [6, 6.07) is 7.14. The van der Waals surface area contributed by atoms with Crippen molar-refractivity contribution in [3.63, 3.8) is 0 Å². The molecule has 0 saturated carbocycles. The Morgan fingerprint density at radius 1 is 1.15 bits per heavy atom. The third kappa shape index (κ3) is 3.48. The van der Waals surface area contributed by atoms with Gasteiger partial charge in [-0.25, -0.2) is 8.78 Å². The van der Waals surface area contributed by atoms with Gasteiger partial charge in [-0.2, -0.15) is 0 Å². The number of carbonyl (C=O) groups excluding carboxylic acids is 2. The molecule has 0 aliphatic carbocycles. The van der Waals surface area contributed by atoms with Crippen LogP contribution >= 0.6 is 0 Å². The van der Waals surface area contributed by atoms with Gasteiger partial charge in [0.1, 0.15) is 17.7 Å². The van der Waals surface area contributed by atoms with E-state index in [1.54, 1.807) is 0 Å². The number of nitro groups is 1. The average molecular weight is 375 g/mol. The quantitative estimate of drug-likeness (QED) is 0.610. The summed E-state index contributed by atoms with van der Waals surface area (Å²) < 4.78 is 27.1. The minimum absolute atomic E-state index is 0.0457. The maximum absolute atomic E-state index is 14.0. The molecule has 1 atom stereocenters. The van der Waals surface area contributed by atoms with Gasteiger partial charge in [0.05, 0.1) is 10.6 Å². The number of hydrogen-bond donors (Lipinski definition) is 0. The van der Waals surface area contributed by atoms with Gasteiger partial charge in [0.2, 0.25) is 5.91 Å². The summed E-state index contributed by atoms with van der Waals surface area (Å²) in [6.07, 6.45) is 0. The molecule has 0 radical (unpaired) electrons. The van der Waals surface area contributed by atoms with Crippen LogP contribution in [0.1, 0.15) is 17.3 Å². The molecular weight excluding hydrogens is 360 g/mol. The number of piperazine rings is 1. The number of nitrogens with zero attached hydrogens (tertiary/aromatic N) is 3. The van der Waals surface area contributed by atoms with Crippen LogP contribution in [0.15, 0.2) is 42.5 Å². The predicted octanol–water partition coefficient (Wildman–Crippen LogP) is 2.75. The van der Waals surface area contributed by atoms with E-state index in [-0.39, 0.29) is 30.0 Å². The monoisotopic (exact) mass is 375 g/mol. The Morgan fingerprint density at radius 2 is 1.81 bits per heavy atom. The molecule has 0 bridgehead atoms.